The van der Waals surface area contributed by atoms with E-state index in [2.05, 4.69) is 10.6 Å². The van der Waals surface area contributed by atoms with Crippen molar-refractivity contribution in [1.29, 1.82) is 0 Å². The molecule has 0 aliphatic carbocycles. The number of ether oxygens (including phenoxy) is 2. The summed E-state index contributed by atoms with van der Waals surface area (Å²) in [4.78, 5) is 23.7. The molecule has 7 nitrogen and oxygen atoms in total. The lowest BCUT2D eigenvalue weighted by molar-refractivity contribution is -0.137. The minimum Gasteiger partial charge on any atom is -0.494 e. The Morgan fingerprint density at radius 2 is 1.87 bits per heavy atom. The molecule has 1 heterocycles. The summed E-state index contributed by atoms with van der Waals surface area (Å²) in [6.07, 6.45) is 0.877. The van der Waals surface area contributed by atoms with Gasteiger partial charge in [-0.1, -0.05) is 0 Å². The van der Waals surface area contributed by atoms with E-state index in [0.717, 1.165) is 0 Å². The monoisotopic (exact) mass is 322 g/mol. The van der Waals surface area contributed by atoms with Crippen LogP contribution in [0.2, 0.25) is 0 Å². The van der Waals surface area contributed by atoms with Gasteiger partial charge in [0, 0.05) is 38.3 Å². The van der Waals surface area contributed by atoms with Crippen molar-refractivity contribution >= 4 is 17.5 Å². The first-order valence-electron chi connectivity index (χ1n) is 7.64. The van der Waals surface area contributed by atoms with E-state index < -0.39 is 17.4 Å². The molecule has 3 N–H and O–H groups in total. The van der Waals surface area contributed by atoms with Crippen molar-refractivity contribution in [1.82, 2.24) is 5.32 Å². The summed E-state index contributed by atoms with van der Waals surface area (Å²) in [5, 5.41) is 15.2. The van der Waals surface area contributed by atoms with Gasteiger partial charge in [0.25, 0.3) is 0 Å². The molecule has 1 aliphatic heterocycles. The van der Waals surface area contributed by atoms with Crippen molar-refractivity contribution < 1.29 is 24.2 Å². The Labute approximate surface area is 135 Å². The minimum absolute atomic E-state index is 0.0336. The van der Waals surface area contributed by atoms with Gasteiger partial charge < -0.3 is 25.2 Å². The van der Waals surface area contributed by atoms with Crippen LogP contribution in [-0.2, 0) is 14.3 Å². The number of amides is 2. The van der Waals surface area contributed by atoms with E-state index in [1.54, 1.807) is 24.3 Å². The molecule has 1 aromatic rings. The van der Waals surface area contributed by atoms with Crippen LogP contribution in [0.3, 0.4) is 0 Å². The molecule has 1 saturated heterocycles. The maximum Gasteiger partial charge on any atom is 0.313 e. The molecule has 0 unspecified atom stereocenters. The summed E-state index contributed by atoms with van der Waals surface area (Å²) in [6, 6.07) is 6.73. The molecule has 0 bridgehead atoms. The standard InChI is InChI=1S/C16H22N2O5/c1-2-23-13-5-3-12(4-6-13)18-15(20)14(19)17-11-16(21)7-9-22-10-8-16/h3-6,21H,2,7-11H2,1H3,(H,17,19)(H,18,20). The lowest BCUT2D eigenvalue weighted by atomic mass is 9.94. The lowest BCUT2D eigenvalue weighted by Gasteiger charge is -2.31. The van der Waals surface area contributed by atoms with Gasteiger partial charge in [-0.3, -0.25) is 9.59 Å². The van der Waals surface area contributed by atoms with Crippen LogP contribution in [0.1, 0.15) is 19.8 Å². The molecule has 1 aliphatic rings. The number of rotatable bonds is 5. The predicted octanol–water partition coefficient (Wildman–Crippen LogP) is 0.681. The molecular formula is C16H22N2O5. The third kappa shape index (κ3) is 5.22. The number of aliphatic hydroxyl groups is 1. The van der Waals surface area contributed by atoms with E-state index in [0.29, 0.717) is 44.1 Å². The highest BCUT2D eigenvalue weighted by molar-refractivity contribution is 6.39. The SMILES string of the molecule is CCOc1ccc(NC(=O)C(=O)NCC2(O)CCOCC2)cc1. The van der Waals surface area contributed by atoms with E-state index in [1.807, 2.05) is 6.92 Å². The van der Waals surface area contributed by atoms with Crippen LogP contribution in [0.4, 0.5) is 5.69 Å². The molecule has 23 heavy (non-hydrogen) atoms. The van der Waals surface area contributed by atoms with Gasteiger partial charge >= 0.3 is 11.8 Å². The van der Waals surface area contributed by atoms with Gasteiger partial charge in [-0.25, -0.2) is 0 Å². The van der Waals surface area contributed by atoms with Crippen LogP contribution >= 0.6 is 0 Å². The number of carbonyl (C=O) groups is 2. The summed E-state index contributed by atoms with van der Waals surface area (Å²) in [5.41, 5.74) is -0.508. The number of benzene rings is 1. The highest BCUT2D eigenvalue weighted by Gasteiger charge is 2.30. The Kier molecular flexibility index (Phi) is 5.95. The molecule has 0 saturated carbocycles. The quantitative estimate of drug-likeness (QED) is 0.693. The minimum atomic E-state index is -1.01. The van der Waals surface area contributed by atoms with Crippen molar-refractivity contribution in [3.05, 3.63) is 24.3 Å². The highest BCUT2D eigenvalue weighted by Crippen LogP contribution is 2.19. The maximum absolute atomic E-state index is 11.8. The fourth-order valence-electron chi connectivity index (χ4n) is 2.24. The Morgan fingerprint density at radius 3 is 2.48 bits per heavy atom. The molecule has 1 aromatic carbocycles. The van der Waals surface area contributed by atoms with Gasteiger partial charge in [0.1, 0.15) is 5.75 Å². The Balaban J connectivity index is 1.81. The van der Waals surface area contributed by atoms with Crippen LogP contribution in [-0.4, -0.2) is 48.9 Å². The first kappa shape index (κ1) is 17.2. The first-order chi connectivity index (χ1) is 11.0. The van der Waals surface area contributed by atoms with Gasteiger partial charge in [0.15, 0.2) is 0 Å². The number of hydrogen-bond acceptors (Lipinski definition) is 5. The van der Waals surface area contributed by atoms with Crippen molar-refractivity contribution in [2.24, 2.45) is 0 Å². The van der Waals surface area contributed by atoms with Crippen LogP contribution in [0.15, 0.2) is 24.3 Å². The summed E-state index contributed by atoms with van der Waals surface area (Å²) >= 11 is 0. The summed E-state index contributed by atoms with van der Waals surface area (Å²) in [5.74, 6) is -0.861. The van der Waals surface area contributed by atoms with Crippen LogP contribution in [0, 0.1) is 0 Å². The first-order valence-corrected chi connectivity index (χ1v) is 7.64. The fraction of sp³-hybridized carbons (Fsp3) is 0.500. The number of hydrogen-bond donors (Lipinski definition) is 3. The van der Waals surface area contributed by atoms with Crippen molar-refractivity contribution in [3.63, 3.8) is 0 Å². The summed E-state index contributed by atoms with van der Waals surface area (Å²) in [6.45, 7) is 3.37. The molecule has 0 radical (unpaired) electrons. The normalized spacial score (nSPS) is 16.4. The Bertz CT molecular complexity index is 538. The van der Waals surface area contributed by atoms with Crippen LogP contribution in [0.5, 0.6) is 5.75 Å². The third-order valence-corrected chi connectivity index (χ3v) is 3.63. The molecular weight excluding hydrogens is 300 g/mol. The molecule has 0 aromatic heterocycles. The predicted molar refractivity (Wildman–Crippen MR) is 84.3 cm³/mol. The van der Waals surface area contributed by atoms with E-state index in [-0.39, 0.29) is 6.54 Å². The van der Waals surface area contributed by atoms with Crippen LogP contribution < -0.4 is 15.4 Å². The highest BCUT2D eigenvalue weighted by atomic mass is 16.5. The van der Waals surface area contributed by atoms with Crippen molar-refractivity contribution in [2.45, 2.75) is 25.4 Å². The molecule has 2 rings (SSSR count). The Hall–Kier alpha value is -2.12. The molecule has 7 heteroatoms. The Morgan fingerprint density at radius 1 is 1.22 bits per heavy atom. The van der Waals surface area contributed by atoms with Crippen molar-refractivity contribution in [2.75, 3.05) is 31.7 Å². The lowest BCUT2D eigenvalue weighted by Crippen LogP contribution is -2.48. The van der Waals surface area contributed by atoms with Gasteiger partial charge in [-0.2, -0.15) is 0 Å². The molecule has 126 valence electrons. The van der Waals surface area contributed by atoms with Gasteiger partial charge in [0.05, 0.1) is 12.2 Å². The zero-order valence-electron chi connectivity index (χ0n) is 13.1. The van der Waals surface area contributed by atoms with E-state index in [9.17, 15) is 14.7 Å². The third-order valence-electron chi connectivity index (χ3n) is 3.63. The smallest absolute Gasteiger partial charge is 0.313 e. The summed E-state index contributed by atoms with van der Waals surface area (Å²) in [7, 11) is 0. The number of carbonyl (C=O) groups excluding carboxylic acids is 2. The summed E-state index contributed by atoms with van der Waals surface area (Å²) < 4.78 is 10.5. The van der Waals surface area contributed by atoms with Gasteiger partial charge in [0.2, 0.25) is 0 Å². The number of nitrogens with one attached hydrogen (secondary N) is 2. The van der Waals surface area contributed by atoms with Gasteiger partial charge in [-0.15, -0.1) is 0 Å². The fourth-order valence-corrected chi connectivity index (χ4v) is 2.24. The van der Waals surface area contributed by atoms with E-state index in [4.69, 9.17) is 9.47 Å². The molecule has 0 spiro atoms. The largest absolute Gasteiger partial charge is 0.494 e. The molecule has 1 fully saturated rings. The molecule has 2 amide bonds. The topological polar surface area (TPSA) is 96.9 Å². The van der Waals surface area contributed by atoms with Crippen molar-refractivity contribution in [3.8, 4) is 5.75 Å². The van der Waals surface area contributed by atoms with Crippen LogP contribution in [0.25, 0.3) is 0 Å². The average molecular weight is 322 g/mol. The van der Waals surface area contributed by atoms with E-state index >= 15 is 0 Å². The zero-order chi connectivity index (χ0) is 16.7. The van der Waals surface area contributed by atoms with Gasteiger partial charge in [-0.05, 0) is 31.2 Å². The second-order valence-electron chi connectivity index (χ2n) is 5.43. The average Bonchev–Trinajstić information content (AvgIpc) is 2.55. The second kappa shape index (κ2) is 7.94. The zero-order valence-corrected chi connectivity index (χ0v) is 13.1. The maximum atomic E-state index is 11.8. The number of anilines is 1. The second-order valence-corrected chi connectivity index (χ2v) is 5.43. The molecule has 0 atom stereocenters. The van der Waals surface area contributed by atoms with E-state index in [1.165, 1.54) is 0 Å².